The molecule has 1 aromatic carbocycles. The number of hydrogen-bond donors (Lipinski definition) is 1. The van der Waals surface area contributed by atoms with Gasteiger partial charge in [0.25, 0.3) is 0 Å². The number of fused-ring (bicyclic) bond motifs is 1. The Morgan fingerprint density at radius 2 is 1.94 bits per heavy atom. The Morgan fingerprint density at radius 1 is 1.16 bits per heavy atom. The van der Waals surface area contributed by atoms with Crippen LogP contribution in [0, 0.1) is 5.41 Å². The Hall–Kier alpha value is -3.35. The van der Waals surface area contributed by atoms with Crippen LogP contribution >= 0.6 is 0 Å². The Bertz CT molecular complexity index is 1170. The lowest BCUT2D eigenvalue weighted by Gasteiger charge is -2.48. The predicted molar refractivity (Wildman–Crippen MR) is 123 cm³/mol. The number of azo groups is 1. The summed E-state index contributed by atoms with van der Waals surface area (Å²) in [6, 6.07) is 10.2. The number of benzene rings is 1. The van der Waals surface area contributed by atoms with Crippen molar-refractivity contribution in [2.45, 2.75) is 51.6 Å². The SMILES string of the molecule is CC[C@]1(c2cccc(N(C)c3ncccn3)c2)C2=CN=NC2NC2=C1C(=O)CC(C)(C)C2. The Labute approximate surface area is 188 Å². The van der Waals surface area contributed by atoms with Crippen LogP contribution in [0.5, 0.6) is 0 Å². The van der Waals surface area contributed by atoms with Crippen LogP contribution in [0.2, 0.25) is 0 Å². The molecule has 1 aliphatic carbocycles. The second-order valence-electron chi connectivity index (χ2n) is 9.57. The van der Waals surface area contributed by atoms with Crippen molar-refractivity contribution in [3.05, 3.63) is 71.3 Å². The molecule has 2 aromatic rings. The highest BCUT2D eigenvalue weighted by molar-refractivity contribution is 6.01. The highest BCUT2D eigenvalue weighted by atomic mass is 16.1. The van der Waals surface area contributed by atoms with E-state index in [0.29, 0.717) is 12.4 Å². The minimum Gasteiger partial charge on any atom is -0.362 e. The summed E-state index contributed by atoms with van der Waals surface area (Å²) >= 11 is 0. The molecule has 7 nitrogen and oxygen atoms in total. The van der Waals surface area contributed by atoms with E-state index in [9.17, 15) is 4.79 Å². The molecule has 0 saturated heterocycles. The van der Waals surface area contributed by atoms with E-state index in [2.05, 4.69) is 58.4 Å². The van der Waals surface area contributed by atoms with Gasteiger partial charge in [-0.15, -0.1) is 0 Å². The molecule has 1 unspecified atom stereocenters. The zero-order chi connectivity index (χ0) is 22.5. The Morgan fingerprint density at radius 3 is 2.69 bits per heavy atom. The largest absolute Gasteiger partial charge is 0.362 e. The first-order chi connectivity index (χ1) is 15.4. The van der Waals surface area contributed by atoms with Crippen LogP contribution in [0.3, 0.4) is 0 Å². The third-order valence-electron chi connectivity index (χ3n) is 6.89. The molecular weight excluding hydrogens is 400 g/mol. The van der Waals surface area contributed by atoms with E-state index in [0.717, 1.165) is 40.9 Å². The van der Waals surface area contributed by atoms with Crippen LogP contribution in [0.4, 0.5) is 11.6 Å². The van der Waals surface area contributed by atoms with Gasteiger partial charge in [0.1, 0.15) is 0 Å². The topological polar surface area (TPSA) is 82.8 Å². The lowest BCUT2D eigenvalue weighted by Crippen LogP contribution is -2.51. The van der Waals surface area contributed by atoms with Gasteiger partial charge in [-0.05, 0) is 42.0 Å². The third-order valence-corrected chi connectivity index (χ3v) is 6.89. The standard InChI is InChI=1S/C25H28N6O/c1-5-25(16-8-6-9-17(12-16)31(4)23-26-10-7-11-27-23)18-15-28-30-22(18)29-19-13-24(2,3)14-20(32)21(19)25/h6-12,15,22,29H,5,13-14H2,1-4H3/t22?,25-/m0/s1. The minimum absolute atomic E-state index is 0.0773. The summed E-state index contributed by atoms with van der Waals surface area (Å²) in [6.07, 6.45) is 7.20. The predicted octanol–water partition coefficient (Wildman–Crippen LogP) is 4.81. The highest BCUT2D eigenvalue weighted by Gasteiger charge is 2.53. The van der Waals surface area contributed by atoms with Gasteiger partial charge in [0.05, 0.1) is 11.6 Å². The van der Waals surface area contributed by atoms with Gasteiger partial charge in [0.15, 0.2) is 11.9 Å². The first kappa shape index (κ1) is 20.5. The van der Waals surface area contributed by atoms with Gasteiger partial charge in [0.2, 0.25) is 5.95 Å². The zero-order valence-electron chi connectivity index (χ0n) is 19.0. The van der Waals surface area contributed by atoms with Crippen molar-refractivity contribution in [1.82, 2.24) is 15.3 Å². The number of Topliss-reactive ketones (excluding diaryl/α,β-unsaturated/α-hetero) is 1. The number of hydrogen-bond acceptors (Lipinski definition) is 7. The fourth-order valence-electron chi connectivity index (χ4n) is 5.45. The van der Waals surface area contributed by atoms with E-state index in [4.69, 9.17) is 0 Å². The second kappa shape index (κ2) is 7.36. The van der Waals surface area contributed by atoms with Crippen molar-refractivity contribution in [1.29, 1.82) is 0 Å². The molecule has 0 saturated carbocycles. The summed E-state index contributed by atoms with van der Waals surface area (Å²) in [5.74, 6) is 0.834. The van der Waals surface area contributed by atoms with Crippen molar-refractivity contribution < 1.29 is 4.79 Å². The molecule has 1 N–H and O–H groups in total. The molecule has 2 atom stereocenters. The normalized spacial score (nSPS) is 25.7. The highest BCUT2D eigenvalue weighted by Crippen LogP contribution is 2.54. The summed E-state index contributed by atoms with van der Waals surface area (Å²) in [6.45, 7) is 6.46. The smallest absolute Gasteiger partial charge is 0.229 e. The molecule has 3 heterocycles. The number of carbonyl (C=O) groups excluding carboxylic acids is 1. The molecule has 7 heteroatoms. The summed E-state index contributed by atoms with van der Waals surface area (Å²) in [5.41, 5.74) is 4.34. The average Bonchev–Trinajstić information content (AvgIpc) is 3.25. The van der Waals surface area contributed by atoms with Crippen LogP contribution in [0.1, 0.15) is 45.6 Å². The van der Waals surface area contributed by atoms with Crippen molar-refractivity contribution >= 4 is 17.4 Å². The average molecular weight is 429 g/mol. The fourth-order valence-corrected chi connectivity index (χ4v) is 5.45. The molecule has 32 heavy (non-hydrogen) atoms. The number of ketones is 1. The van der Waals surface area contributed by atoms with E-state index in [1.807, 2.05) is 30.3 Å². The van der Waals surface area contributed by atoms with Crippen LogP contribution in [-0.2, 0) is 10.2 Å². The van der Waals surface area contributed by atoms with Crippen LogP contribution in [0.25, 0.3) is 0 Å². The van der Waals surface area contributed by atoms with Gasteiger partial charge in [-0.2, -0.15) is 10.2 Å². The molecule has 0 fully saturated rings. The lowest BCUT2D eigenvalue weighted by atomic mass is 9.59. The summed E-state index contributed by atoms with van der Waals surface area (Å²) in [4.78, 5) is 24.3. The molecule has 0 amide bonds. The first-order valence-electron chi connectivity index (χ1n) is 11.1. The number of aromatic nitrogens is 2. The maximum absolute atomic E-state index is 13.6. The number of allylic oxidation sites excluding steroid dienone is 2. The third kappa shape index (κ3) is 3.06. The number of nitrogens with zero attached hydrogens (tertiary/aromatic N) is 5. The van der Waals surface area contributed by atoms with E-state index < -0.39 is 5.41 Å². The second-order valence-corrected chi connectivity index (χ2v) is 9.57. The van der Waals surface area contributed by atoms with Gasteiger partial charge < -0.3 is 10.2 Å². The quantitative estimate of drug-likeness (QED) is 0.755. The molecule has 0 bridgehead atoms. The molecular formula is C25H28N6O. The van der Waals surface area contributed by atoms with Crippen molar-refractivity contribution in [3.63, 3.8) is 0 Å². The van der Waals surface area contributed by atoms with Gasteiger partial charge in [-0.1, -0.05) is 32.9 Å². The van der Waals surface area contributed by atoms with Crippen LogP contribution < -0.4 is 10.2 Å². The summed E-state index contributed by atoms with van der Waals surface area (Å²) in [5, 5.41) is 12.2. The molecule has 1 aromatic heterocycles. The van der Waals surface area contributed by atoms with Crippen molar-refractivity contribution in [3.8, 4) is 0 Å². The Kier molecular flexibility index (Phi) is 4.73. The molecule has 2 aliphatic heterocycles. The van der Waals surface area contributed by atoms with Crippen LogP contribution in [-0.4, -0.2) is 29.0 Å². The van der Waals surface area contributed by atoms with Crippen molar-refractivity contribution in [2.75, 3.05) is 11.9 Å². The number of rotatable bonds is 4. The van der Waals surface area contributed by atoms with Gasteiger partial charge in [-0.3, -0.25) is 4.79 Å². The van der Waals surface area contributed by atoms with E-state index >= 15 is 0 Å². The van der Waals surface area contributed by atoms with Gasteiger partial charge >= 0.3 is 0 Å². The van der Waals surface area contributed by atoms with Gasteiger partial charge in [-0.25, -0.2) is 9.97 Å². The molecule has 5 rings (SSSR count). The number of nitrogens with one attached hydrogen (secondary N) is 1. The minimum atomic E-state index is -0.559. The first-order valence-corrected chi connectivity index (χ1v) is 11.1. The number of anilines is 2. The molecule has 3 aliphatic rings. The number of carbonyl (C=O) groups is 1. The van der Waals surface area contributed by atoms with E-state index in [-0.39, 0.29) is 17.4 Å². The fraction of sp³-hybridized carbons (Fsp3) is 0.400. The van der Waals surface area contributed by atoms with E-state index in [1.165, 1.54) is 0 Å². The molecule has 0 radical (unpaired) electrons. The van der Waals surface area contributed by atoms with Gasteiger partial charge in [0, 0.05) is 48.4 Å². The maximum atomic E-state index is 13.6. The summed E-state index contributed by atoms with van der Waals surface area (Å²) in [7, 11) is 1.96. The van der Waals surface area contributed by atoms with Crippen molar-refractivity contribution in [2.24, 2.45) is 15.6 Å². The summed E-state index contributed by atoms with van der Waals surface area (Å²) < 4.78 is 0. The van der Waals surface area contributed by atoms with Crippen LogP contribution in [0.15, 0.2) is 76.0 Å². The Balaban J connectivity index is 1.68. The maximum Gasteiger partial charge on any atom is 0.229 e. The lowest BCUT2D eigenvalue weighted by molar-refractivity contribution is -0.119. The van der Waals surface area contributed by atoms with E-state index in [1.54, 1.807) is 18.5 Å². The molecule has 0 spiro atoms. The monoisotopic (exact) mass is 428 g/mol. The molecule has 164 valence electrons. The zero-order valence-corrected chi connectivity index (χ0v) is 19.0.